The van der Waals surface area contributed by atoms with Gasteiger partial charge in [-0.05, 0) is 6.07 Å². The average molecular weight is 240 g/mol. The average Bonchev–Trinajstić information content (AvgIpc) is 3.15. The fourth-order valence-corrected chi connectivity index (χ4v) is 2.23. The maximum atomic E-state index is 5.80. The number of aromatic nitrogens is 2. The predicted molar refractivity (Wildman–Crippen MR) is 68.8 cm³/mol. The molecule has 0 saturated carbocycles. The zero-order valence-corrected chi connectivity index (χ0v) is 9.72. The van der Waals surface area contributed by atoms with Crippen LogP contribution >= 0.6 is 0 Å². The van der Waals surface area contributed by atoms with Crippen molar-refractivity contribution in [3.05, 3.63) is 36.7 Å². The molecule has 3 aromatic rings. The van der Waals surface area contributed by atoms with E-state index < -0.39 is 0 Å². The van der Waals surface area contributed by atoms with Gasteiger partial charge in [-0.25, -0.2) is 0 Å². The zero-order chi connectivity index (χ0) is 11.9. The topological polar surface area (TPSA) is 50.4 Å². The summed E-state index contributed by atoms with van der Waals surface area (Å²) in [7, 11) is 0. The maximum Gasteiger partial charge on any atom is 0.147 e. The lowest BCUT2D eigenvalue weighted by Gasteiger charge is -2.05. The van der Waals surface area contributed by atoms with Gasteiger partial charge in [-0.15, -0.1) is 0 Å². The predicted octanol–water partition coefficient (Wildman–Crippen LogP) is 2.49. The van der Waals surface area contributed by atoms with Gasteiger partial charge in [-0.2, -0.15) is 0 Å². The van der Waals surface area contributed by atoms with E-state index in [1.54, 1.807) is 6.20 Å². The molecule has 1 aliphatic rings. The highest BCUT2D eigenvalue weighted by atomic mass is 16.6. The van der Waals surface area contributed by atoms with E-state index in [9.17, 15) is 0 Å². The third kappa shape index (κ3) is 1.54. The number of pyridine rings is 1. The van der Waals surface area contributed by atoms with Crippen LogP contribution in [0.3, 0.4) is 0 Å². The Bertz CT molecular complexity index is 716. The van der Waals surface area contributed by atoms with Gasteiger partial charge in [-0.3, -0.25) is 4.98 Å². The van der Waals surface area contributed by atoms with Crippen LogP contribution in [0.5, 0.6) is 5.75 Å². The maximum absolute atomic E-state index is 5.80. The minimum Gasteiger partial charge on any atom is -0.488 e. The van der Waals surface area contributed by atoms with Gasteiger partial charge in [-0.1, -0.05) is 18.2 Å². The molecule has 90 valence electrons. The normalized spacial score (nSPS) is 18.3. The summed E-state index contributed by atoms with van der Waals surface area (Å²) in [6.45, 7) is 1.40. The molecular formula is C14H12N2O2. The molecule has 3 heterocycles. The van der Waals surface area contributed by atoms with Crippen molar-refractivity contribution < 1.29 is 9.47 Å². The second kappa shape index (κ2) is 3.71. The molecule has 4 rings (SSSR count). The number of aromatic amines is 1. The second-order valence-corrected chi connectivity index (χ2v) is 4.50. The van der Waals surface area contributed by atoms with Gasteiger partial charge in [0, 0.05) is 10.9 Å². The largest absolute Gasteiger partial charge is 0.488 e. The molecule has 0 amide bonds. The summed E-state index contributed by atoms with van der Waals surface area (Å²) in [6.07, 6.45) is 3.85. The summed E-state index contributed by atoms with van der Waals surface area (Å²) in [5.74, 6) is 0.820. The summed E-state index contributed by atoms with van der Waals surface area (Å²) in [5, 5.41) is 2.27. The summed E-state index contributed by atoms with van der Waals surface area (Å²) >= 11 is 0. The van der Waals surface area contributed by atoms with Crippen LogP contribution in [-0.2, 0) is 4.74 Å². The number of benzene rings is 1. The van der Waals surface area contributed by atoms with E-state index in [1.807, 2.05) is 18.3 Å². The number of fused-ring (bicyclic) bond motifs is 3. The molecule has 4 heteroatoms. The van der Waals surface area contributed by atoms with Crippen molar-refractivity contribution in [3.8, 4) is 5.75 Å². The van der Waals surface area contributed by atoms with Crippen molar-refractivity contribution in [1.29, 1.82) is 0 Å². The van der Waals surface area contributed by atoms with E-state index in [1.165, 1.54) is 5.39 Å². The smallest absolute Gasteiger partial charge is 0.147 e. The van der Waals surface area contributed by atoms with Gasteiger partial charge in [0.25, 0.3) is 0 Å². The molecular weight excluding hydrogens is 228 g/mol. The Morgan fingerprint density at radius 2 is 2.17 bits per heavy atom. The summed E-state index contributed by atoms with van der Waals surface area (Å²) in [6, 6.07) is 8.20. The molecule has 18 heavy (non-hydrogen) atoms. The van der Waals surface area contributed by atoms with Gasteiger partial charge in [0.05, 0.1) is 29.9 Å². The van der Waals surface area contributed by atoms with Crippen LogP contribution in [0.15, 0.2) is 36.7 Å². The third-order valence-electron chi connectivity index (χ3n) is 3.20. The minimum atomic E-state index is 0.255. The minimum absolute atomic E-state index is 0.255. The number of hydrogen-bond acceptors (Lipinski definition) is 3. The molecule has 1 aromatic carbocycles. The van der Waals surface area contributed by atoms with Gasteiger partial charge in [0.1, 0.15) is 18.5 Å². The molecule has 1 saturated heterocycles. The molecule has 1 unspecified atom stereocenters. The van der Waals surface area contributed by atoms with Crippen LogP contribution in [0.4, 0.5) is 0 Å². The number of para-hydroxylation sites is 1. The fraction of sp³-hybridized carbons (Fsp3) is 0.214. The van der Waals surface area contributed by atoms with Crippen LogP contribution in [0.1, 0.15) is 0 Å². The molecule has 1 N–H and O–H groups in total. The van der Waals surface area contributed by atoms with Crippen molar-refractivity contribution >= 4 is 21.8 Å². The van der Waals surface area contributed by atoms with E-state index in [-0.39, 0.29) is 6.10 Å². The number of rotatable bonds is 3. The van der Waals surface area contributed by atoms with Crippen molar-refractivity contribution in [2.75, 3.05) is 13.2 Å². The van der Waals surface area contributed by atoms with Crippen molar-refractivity contribution in [2.45, 2.75) is 6.10 Å². The van der Waals surface area contributed by atoms with Gasteiger partial charge in [0.15, 0.2) is 0 Å². The monoisotopic (exact) mass is 240 g/mol. The molecule has 0 radical (unpaired) electrons. The quantitative estimate of drug-likeness (QED) is 0.715. The number of nitrogens with one attached hydrogen (secondary N) is 1. The molecule has 0 spiro atoms. The Labute approximate surface area is 104 Å². The van der Waals surface area contributed by atoms with Crippen molar-refractivity contribution in [3.63, 3.8) is 0 Å². The van der Waals surface area contributed by atoms with Crippen LogP contribution in [0.2, 0.25) is 0 Å². The first-order chi connectivity index (χ1) is 8.92. The van der Waals surface area contributed by atoms with Crippen molar-refractivity contribution in [2.24, 2.45) is 0 Å². The Balaban J connectivity index is 1.89. The molecule has 4 nitrogen and oxygen atoms in total. The number of hydrogen-bond donors (Lipinski definition) is 1. The van der Waals surface area contributed by atoms with Gasteiger partial charge >= 0.3 is 0 Å². The number of H-pyrrole nitrogens is 1. The fourth-order valence-electron chi connectivity index (χ4n) is 2.23. The molecule has 2 aromatic heterocycles. The van der Waals surface area contributed by atoms with Gasteiger partial charge < -0.3 is 14.5 Å². The second-order valence-electron chi connectivity index (χ2n) is 4.50. The number of epoxide rings is 1. The lowest BCUT2D eigenvalue weighted by atomic mass is 10.2. The first-order valence-corrected chi connectivity index (χ1v) is 6.00. The number of ether oxygens (including phenoxy) is 2. The Hall–Kier alpha value is -2.07. The van der Waals surface area contributed by atoms with Crippen molar-refractivity contribution in [1.82, 2.24) is 9.97 Å². The SMILES string of the molecule is c1ccc2c(c1)[nH]c1cncc(OCC3CO3)c12. The standard InChI is InChI=1S/C14H12N2O2/c1-2-4-11-10(3-1)14-12(16-11)5-15-6-13(14)18-8-9-7-17-9/h1-6,9,16H,7-8H2. The van der Waals surface area contributed by atoms with Gasteiger partial charge in [0.2, 0.25) is 0 Å². The highest BCUT2D eigenvalue weighted by molar-refractivity contribution is 6.09. The zero-order valence-electron chi connectivity index (χ0n) is 9.72. The van der Waals surface area contributed by atoms with E-state index in [2.05, 4.69) is 22.1 Å². The van der Waals surface area contributed by atoms with E-state index >= 15 is 0 Å². The lowest BCUT2D eigenvalue weighted by molar-refractivity contribution is 0.265. The van der Waals surface area contributed by atoms with E-state index in [0.717, 1.165) is 28.8 Å². The van der Waals surface area contributed by atoms with Crippen LogP contribution in [0.25, 0.3) is 21.8 Å². The first kappa shape index (κ1) is 9.91. The molecule has 0 bridgehead atoms. The van der Waals surface area contributed by atoms with E-state index in [4.69, 9.17) is 9.47 Å². The first-order valence-electron chi connectivity index (χ1n) is 6.00. The lowest BCUT2D eigenvalue weighted by Crippen LogP contribution is -2.04. The summed E-state index contributed by atoms with van der Waals surface area (Å²) in [4.78, 5) is 7.56. The molecule has 0 aliphatic carbocycles. The Morgan fingerprint density at radius 3 is 3.06 bits per heavy atom. The Kier molecular flexibility index (Phi) is 2.04. The highest BCUT2D eigenvalue weighted by Crippen LogP contribution is 2.32. The van der Waals surface area contributed by atoms with Crippen LogP contribution in [0, 0.1) is 0 Å². The van der Waals surface area contributed by atoms with E-state index in [0.29, 0.717) is 6.61 Å². The molecule has 1 atom stereocenters. The third-order valence-corrected chi connectivity index (χ3v) is 3.20. The molecule has 1 fully saturated rings. The highest BCUT2D eigenvalue weighted by Gasteiger charge is 2.23. The summed E-state index contributed by atoms with van der Waals surface area (Å²) < 4.78 is 11.0. The Morgan fingerprint density at radius 1 is 1.28 bits per heavy atom. The number of nitrogens with zero attached hydrogens (tertiary/aromatic N) is 1. The van der Waals surface area contributed by atoms with Crippen LogP contribution < -0.4 is 4.74 Å². The molecule has 1 aliphatic heterocycles. The van der Waals surface area contributed by atoms with Crippen LogP contribution in [-0.4, -0.2) is 29.3 Å². The summed E-state index contributed by atoms with van der Waals surface area (Å²) in [5.41, 5.74) is 2.11.